The van der Waals surface area contributed by atoms with Gasteiger partial charge in [-0.1, -0.05) is 41.1 Å². The monoisotopic (exact) mass is 339 g/mol. The Morgan fingerprint density at radius 1 is 1.38 bits per heavy atom. The van der Waals surface area contributed by atoms with Crippen LogP contribution in [0, 0.1) is 11.8 Å². The number of rotatable bonds is 3. The summed E-state index contributed by atoms with van der Waals surface area (Å²) in [6.45, 7) is 0.211. The number of hydrogen-bond acceptors (Lipinski definition) is 3. The van der Waals surface area contributed by atoms with Crippen LogP contribution in [-0.4, -0.2) is 17.6 Å². The summed E-state index contributed by atoms with van der Waals surface area (Å²) in [6.07, 6.45) is 0. The van der Waals surface area contributed by atoms with E-state index >= 15 is 0 Å². The Hall–Kier alpha value is -1.51. The molecule has 6 heteroatoms. The van der Waals surface area contributed by atoms with Gasteiger partial charge in [0.15, 0.2) is 0 Å². The SMILES string of the molecule is O=C(NCc1cc(C#CCO)cs1)c1cccc(Cl)c1Cl. The maximum atomic E-state index is 12.1. The summed E-state index contributed by atoms with van der Waals surface area (Å²) in [7, 11) is 0. The summed E-state index contributed by atoms with van der Waals surface area (Å²) in [5.41, 5.74) is 1.17. The first-order valence-corrected chi connectivity index (χ1v) is 7.64. The van der Waals surface area contributed by atoms with Crippen molar-refractivity contribution in [2.45, 2.75) is 6.54 Å². The third-order valence-electron chi connectivity index (χ3n) is 2.58. The molecule has 0 saturated carbocycles. The molecule has 2 rings (SSSR count). The van der Waals surface area contributed by atoms with Gasteiger partial charge in [0.1, 0.15) is 6.61 Å². The summed E-state index contributed by atoms with van der Waals surface area (Å²) in [5, 5.41) is 13.9. The maximum Gasteiger partial charge on any atom is 0.253 e. The molecule has 2 N–H and O–H groups in total. The van der Waals surface area contributed by atoms with Crippen LogP contribution in [0.5, 0.6) is 0 Å². The molecule has 0 aliphatic heterocycles. The molecule has 0 bridgehead atoms. The van der Waals surface area contributed by atoms with Crippen LogP contribution >= 0.6 is 34.5 Å². The number of benzene rings is 1. The van der Waals surface area contributed by atoms with Crippen molar-refractivity contribution in [3.63, 3.8) is 0 Å². The van der Waals surface area contributed by atoms with Crippen molar-refractivity contribution in [1.29, 1.82) is 0 Å². The zero-order chi connectivity index (χ0) is 15.2. The lowest BCUT2D eigenvalue weighted by Gasteiger charge is -2.06. The van der Waals surface area contributed by atoms with Gasteiger partial charge in [-0.25, -0.2) is 0 Å². The van der Waals surface area contributed by atoms with Crippen molar-refractivity contribution in [3.8, 4) is 11.8 Å². The molecule has 21 heavy (non-hydrogen) atoms. The van der Waals surface area contributed by atoms with Crippen molar-refractivity contribution < 1.29 is 9.90 Å². The second-order valence-corrected chi connectivity index (χ2v) is 5.83. The van der Waals surface area contributed by atoms with Gasteiger partial charge >= 0.3 is 0 Å². The van der Waals surface area contributed by atoms with Crippen molar-refractivity contribution in [3.05, 3.63) is 55.7 Å². The van der Waals surface area contributed by atoms with Crippen molar-refractivity contribution in [1.82, 2.24) is 5.32 Å². The number of aliphatic hydroxyl groups is 1. The van der Waals surface area contributed by atoms with Crippen LogP contribution in [0.3, 0.4) is 0 Å². The second-order valence-electron chi connectivity index (χ2n) is 4.05. The number of aliphatic hydroxyl groups excluding tert-OH is 1. The van der Waals surface area contributed by atoms with E-state index in [1.54, 1.807) is 18.2 Å². The van der Waals surface area contributed by atoms with Gasteiger partial charge < -0.3 is 10.4 Å². The summed E-state index contributed by atoms with van der Waals surface area (Å²) in [5.74, 6) is 5.11. The molecule has 1 aromatic heterocycles. The van der Waals surface area contributed by atoms with Crippen LogP contribution in [0.4, 0.5) is 0 Å². The largest absolute Gasteiger partial charge is 0.384 e. The molecule has 1 aromatic carbocycles. The van der Waals surface area contributed by atoms with Crippen molar-refractivity contribution in [2.75, 3.05) is 6.61 Å². The minimum absolute atomic E-state index is 0.171. The second kappa shape index (κ2) is 7.48. The lowest BCUT2D eigenvalue weighted by Crippen LogP contribution is -2.22. The number of amides is 1. The Kier molecular flexibility index (Phi) is 5.66. The van der Waals surface area contributed by atoms with Gasteiger partial charge in [0.05, 0.1) is 22.2 Å². The number of carbonyl (C=O) groups excluding carboxylic acids is 1. The standard InChI is InChI=1S/C15H11Cl2NO2S/c16-13-5-1-4-12(14(13)17)15(20)18-8-11-7-10(9-21-11)3-2-6-19/h1,4-5,7,9,19H,6,8H2,(H,18,20). The minimum atomic E-state index is -0.279. The Balaban J connectivity index is 2.01. The molecule has 0 aliphatic rings. The Bertz CT molecular complexity index is 716. The fraction of sp³-hybridized carbons (Fsp3) is 0.133. The van der Waals surface area contributed by atoms with Crippen LogP contribution in [0.25, 0.3) is 0 Å². The third kappa shape index (κ3) is 4.23. The molecule has 2 aromatic rings. The molecule has 1 heterocycles. The highest BCUT2D eigenvalue weighted by Crippen LogP contribution is 2.25. The van der Waals surface area contributed by atoms with E-state index in [0.29, 0.717) is 17.1 Å². The number of halogens is 2. The maximum absolute atomic E-state index is 12.1. The normalized spacial score (nSPS) is 9.86. The van der Waals surface area contributed by atoms with Crippen molar-refractivity contribution in [2.24, 2.45) is 0 Å². The average molecular weight is 340 g/mol. The molecule has 1 amide bonds. The molecule has 0 radical (unpaired) electrons. The zero-order valence-corrected chi connectivity index (χ0v) is 13.1. The Morgan fingerprint density at radius 2 is 2.19 bits per heavy atom. The Morgan fingerprint density at radius 3 is 2.95 bits per heavy atom. The first kappa shape index (κ1) is 15.9. The van der Waals surface area contributed by atoms with E-state index in [2.05, 4.69) is 17.2 Å². The van der Waals surface area contributed by atoms with Gasteiger partial charge in [-0.05, 0) is 18.2 Å². The highest BCUT2D eigenvalue weighted by atomic mass is 35.5. The van der Waals surface area contributed by atoms with E-state index in [1.807, 2.05) is 11.4 Å². The van der Waals surface area contributed by atoms with E-state index in [9.17, 15) is 4.79 Å². The summed E-state index contributed by atoms with van der Waals surface area (Å²) in [6, 6.07) is 6.80. The Labute approximate surface area is 136 Å². The first-order chi connectivity index (χ1) is 10.1. The fourth-order valence-corrected chi connectivity index (χ4v) is 2.76. The van der Waals surface area contributed by atoms with Crippen molar-refractivity contribution >= 4 is 40.4 Å². The highest BCUT2D eigenvalue weighted by molar-refractivity contribution is 7.10. The highest BCUT2D eigenvalue weighted by Gasteiger charge is 2.12. The molecule has 0 atom stereocenters. The molecular formula is C15H11Cl2NO2S. The summed E-state index contributed by atoms with van der Waals surface area (Å²) < 4.78 is 0. The zero-order valence-electron chi connectivity index (χ0n) is 10.8. The number of nitrogens with one attached hydrogen (secondary N) is 1. The smallest absolute Gasteiger partial charge is 0.253 e. The third-order valence-corrected chi connectivity index (χ3v) is 4.34. The van der Waals surface area contributed by atoms with E-state index in [-0.39, 0.29) is 17.5 Å². The lowest BCUT2D eigenvalue weighted by atomic mass is 10.2. The lowest BCUT2D eigenvalue weighted by molar-refractivity contribution is 0.0951. The van der Waals surface area contributed by atoms with Crippen LogP contribution in [0.2, 0.25) is 10.0 Å². The summed E-state index contributed by atoms with van der Waals surface area (Å²) >= 11 is 13.4. The fourth-order valence-electron chi connectivity index (χ4n) is 1.62. The van der Waals surface area contributed by atoms with E-state index in [1.165, 1.54) is 11.3 Å². The first-order valence-electron chi connectivity index (χ1n) is 6.01. The molecule has 3 nitrogen and oxygen atoms in total. The summed E-state index contributed by atoms with van der Waals surface area (Å²) in [4.78, 5) is 13.0. The predicted molar refractivity (Wildman–Crippen MR) is 85.9 cm³/mol. The molecule has 0 saturated heterocycles. The van der Waals surface area contributed by atoms with Gasteiger partial charge in [0, 0.05) is 15.8 Å². The van der Waals surface area contributed by atoms with E-state index in [4.69, 9.17) is 28.3 Å². The number of hydrogen-bond donors (Lipinski definition) is 2. The van der Waals surface area contributed by atoms with Gasteiger partial charge in [-0.2, -0.15) is 0 Å². The van der Waals surface area contributed by atoms with Gasteiger partial charge in [0.25, 0.3) is 5.91 Å². The van der Waals surface area contributed by atoms with Gasteiger partial charge in [-0.3, -0.25) is 4.79 Å². The molecule has 0 aliphatic carbocycles. The number of carbonyl (C=O) groups is 1. The predicted octanol–water partition coefficient (Wildman–Crippen LogP) is 3.33. The van der Waals surface area contributed by atoms with Gasteiger partial charge in [-0.15, -0.1) is 11.3 Å². The quantitative estimate of drug-likeness (QED) is 0.842. The molecule has 0 spiro atoms. The van der Waals surface area contributed by atoms with Crippen LogP contribution in [0.1, 0.15) is 20.8 Å². The van der Waals surface area contributed by atoms with Crippen LogP contribution in [-0.2, 0) is 6.54 Å². The topological polar surface area (TPSA) is 49.3 Å². The van der Waals surface area contributed by atoms with E-state index in [0.717, 1.165) is 10.4 Å². The minimum Gasteiger partial charge on any atom is -0.384 e. The van der Waals surface area contributed by atoms with Gasteiger partial charge in [0.2, 0.25) is 0 Å². The molecule has 108 valence electrons. The number of thiophene rings is 1. The van der Waals surface area contributed by atoms with Crippen LogP contribution < -0.4 is 5.32 Å². The molecular weight excluding hydrogens is 329 g/mol. The molecule has 0 fully saturated rings. The average Bonchev–Trinajstić information content (AvgIpc) is 2.93. The van der Waals surface area contributed by atoms with E-state index < -0.39 is 0 Å². The van der Waals surface area contributed by atoms with Crippen LogP contribution in [0.15, 0.2) is 29.6 Å². The molecule has 0 unspecified atom stereocenters.